The lowest BCUT2D eigenvalue weighted by Gasteiger charge is -2.26. The maximum Gasteiger partial charge on any atom is 0.262 e. The molecule has 35 heavy (non-hydrogen) atoms. The Hall–Kier alpha value is -3.17. The third-order valence-electron chi connectivity index (χ3n) is 4.86. The summed E-state index contributed by atoms with van der Waals surface area (Å²) in [5, 5.41) is 10.0. The number of halogens is 2. The van der Waals surface area contributed by atoms with Crippen molar-refractivity contribution in [2.75, 3.05) is 6.61 Å². The lowest BCUT2D eigenvalue weighted by Crippen LogP contribution is -2.56. The van der Waals surface area contributed by atoms with Crippen molar-refractivity contribution >= 4 is 47.1 Å². The van der Waals surface area contributed by atoms with Gasteiger partial charge in [-0.05, 0) is 47.7 Å². The maximum atomic E-state index is 13.0. The first-order valence-corrected chi connectivity index (χ1v) is 11.7. The van der Waals surface area contributed by atoms with Gasteiger partial charge in [0, 0.05) is 17.4 Å². The maximum absolute atomic E-state index is 13.0. The lowest BCUT2D eigenvalue weighted by molar-refractivity contribution is -0.134. The molecule has 9 nitrogen and oxygen atoms in total. The second kappa shape index (κ2) is 13.7. The van der Waals surface area contributed by atoms with Crippen molar-refractivity contribution in [3.8, 4) is 5.75 Å². The van der Waals surface area contributed by atoms with E-state index in [1.165, 1.54) is 12.3 Å². The van der Waals surface area contributed by atoms with E-state index in [0.717, 1.165) is 5.56 Å². The smallest absolute Gasteiger partial charge is 0.262 e. The molecule has 0 aliphatic heterocycles. The number of hydrazone groups is 1. The van der Waals surface area contributed by atoms with E-state index < -0.39 is 29.8 Å². The molecule has 1 aromatic heterocycles. The van der Waals surface area contributed by atoms with E-state index in [9.17, 15) is 14.4 Å². The van der Waals surface area contributed by atoms with Crippen molar-refractivity contribution in [3.05, 3.63) is 58.3 Å². The number of carbonyl (C=O) groups is 3. The Morgan fingerprint density at radius 3 is 2.20 bits per heavy atom. The Kier molecular flexibility index (Phi) is 10.9. The minimum absolute atomic E-state index is 0.228. The zero-order valence-corrected chi connectivity index (χ0v) is 21.4. The van der Waals surface area contributed by atoms with Gasteiger partial charge in [-0.2, -0.15) is 5.10 Å². The molecule has 2 atom stereocenters. The van der Waals surface area contributed by atoms with Gasteiger partial charge in [0.2, 0.25) is 5.91 Å². The van der Waals surface area contributed by atoms with Crippen LogP contribution in [0.3, 0.4) is 0 Å². The number of aromatic nitrogens is 1. The average Bonchev–Trinajstić information content (AvgIpc) is 2.80. The van der Waals surface area contributed by atoms with Crippen molar-refractivity contribution in [1.29, 1.82) is 0 Å². The molecule has 0 saturated carbocycles. The first-order chi connectivity index (χ1) is 16.6. The van der Waals surface area contributed by atoms with Crippen LogP contribution >= 0.6 is 23.2 Å². The predicted molar refractivity (Wildman–Crippen MR) is 135 cm³/mol. The predicted octanol–water partition coefficient (Wildman–Crippen LogP) is 3.20. The van der Waals surface area contributed by atoms with Crippen LogP contribution in [0.5, 0.6) is 5.75 Å². The third-order valence-corrected chi connectivity index (χ3v) is 5.39. The number of rotatable bonds is 11. The zero-order chi connectivity index (χ0) is 26.0. The highest BCUT2D eigenvalue weighted by Gasteiger charge is 2.30. The summed E-state index contributed by atoms with van der Waals surface area (Å²) in [6, 6.07) is 6.35. The Labute approximate surface area is 214 Å². The van der Waals surface area contributed by atoms with Gasteiger partial charge < -0.3 is 15.4 Å². The summed E-state index contributed by atoms with van der Waals surface area (Å²) in [5.41, 5.74) is 3.20. The monoisotopic (exact) mass is 521 g/mol. The molecule has 188 valence electrons. The van der Waals surface area contributed by atoms with Crippen LogP contribution in [-0.4, -0.2) is 47.6 Å². The van der Waals surface area contributed by atoms with Crippen LogP contribution in [0.1, 0.15) is 33.3 Å². The van der Waals surface area contributed by atoms with Gasteiger partial charge in [0.05, 0.1) is 11.2 Å². The van der Waals surface area contributed by atoms with Crippen LogP contribution in [0.15, 0.2) is 47.8 Å². The van der Waals surface area contributed by atoms with Crippen LogP contribution in [0.4, 0.5) is 0 Å². The molecular formula is C24H29Cl2N5O4. The fourth-order valence-electron chi connectivity index (χ4n) is 2.95. The van der Waals surface area contributed by atoms with Gasteiger partial charge in [0.1, 0.15) is 17.8 Å². The zero-order valence-electron chi connectivity index (χ0n) is 19.9. The van der Waals surface area contributed by atoms with Gasteiger partial charge in [0.15, 0.2) is 6.61 Å². The van der Waals surface area contributed by atoms with Crippen LogP contribution in [0.2, 0.25) is 10.0 Å². The van der Waals surface area contributed by atoms with Gasteiger partial charge in [-0.3, -0.25) is 19.4 Å². The number of hydrogen-bond donors (Lipinski definition) is 3. The number of pyridine rings is 1. The molecule has 0 bridgehead atoms. The van der Waals surface area contributed by atoms with Crippen LogP contribution in [-0.2, 0) is 14.4 Å². The number of hydrogen-bond acceptors (Lipinski definition) is 6. The fourth-order valence-corrected chi connectivity index (χ4v) is 3.42. The number of nitrogens with zero attached hydrogens (tertiary/aromatic N) is 2. The molecule has 1 heterocycles. The summed E-state index contributed by atoms with van der Waals surface area (Å²) in [6.45, 7) is 6.80. The largest absolute Gasteiger partial charge is 0.482 e. The summed E-state index contributed by atoms with van der Waals surface area (Å²) in [6.07, 6.45) is 4.69. The van der Waals surface area contributed by atoms with E-state index in [-0.39, 0.29) is 23.5 Å². The van der Waals surface area contributed by atoms with Gasteiger partial charge >= 0.3 is 0 Å². The van der Waals surface area contributed by atoms with Crippen LogP contribution < -0.4 is 20.8 Å². The molecule has 0 saturated heterocycles. The molecule has 0 aliphatic rings. The second-order valence-electron chi connectivity index (χ2n) is 8.40. The summed E-state index contributed by atoms with van der Waals surface area (Å²) in [4.78, 5) is 42.0. The molecule has 0 aliphatic carbocycles. The molecular weight excluding hydrogens is 493 g/mol. The molecule has 0 fully saturated rings. The Morgan fingerprint density at radius 1 is 0.971 bits per heavy atom. The minimum Gasteiger partial charge on any atom is -0.482 e. The van der Waals surface area contributed by atoms with Crippen LogP contribution in [0, 0.1) is 11.8 Å². The third kappa shape index (κ3) is 9.18. The molecule has 2 aromatic rings. The van der Waals surface area contributed by atoms with Gasteiger partial charge in [0.25, 0.3) is 11.8 Å². The summed E-state index contributed by atoms with van der Waals surface area (Å²) in [5.74, 6) is -1.68. The topological polar surface area (TPSA) is 122 Å². The van der Waals surface area contributed by atoms with Crippen molar-refractivity contribution in [2.45, 2.75) is 39.8 Å². The molecule has 2 rings (SSSR count). The normalized spacial score (nSPS) is 12.9. The molecule has 3 N–H and O–H groups in total. The average molecular weight is 522 g/mol. The quantitative estimate of drug-likeness (QED) is 0.309. The first-order valence-electron chi connectivity index (χ1n) is 11.0. The van der Waals surface area contributed by atoms with Crippen molar-refractivity contribution in [2.24, 2.45) is 16.9 Å². The SMILES string of the molecule is CC(C)C(NC(=O)COc1ccc(Cl)cc1Cl)C(=O)NC(C(=O)N/N=C/c1ccncc1)C(C)C. The van der Waals surface area contributed by atoms with Crippen molar-refractivity contribution < 1.29 is 19.1 Å². The minimum atomic E-state index is -0.888. The number of carbonyl (C=O) groups excluding carboxylic acids is 3. The van der Waals surface area contributed by atoms with Gasteiger partial charge in [-0.15, -0.1) is 0 Å². The standard InChI is InChI=1S/C24H29Cl2N5O4/c1-14(2)21(29-20(32)13-35-19-6-5-17(25)11-18(19)26)23(33)30-22(15(3)4)24(34)31-28-12-16-7-9-27-10-8-16/h5-12,14-15,21-22H,13H2,1-4H3,(H,29,32)(H,30,33)(H,31,34)/b28-12+. The van der Waals surface area contributed by atoms with Crippen LogP contribution in [0.25, 0.3) is 0 Å². The Morgan fingerprint density at radius 2 is 1.60 bits per heavy atom. The number of nitrogens with one attached hydrogen (secondary N) is 3. The molecule has 0 spiro atoms. The van der Waals surface area contributed by atoms with E-state index in [1.54, 1.807) is 64.4 Å². The van der Waals surface area contributed by atoms with Crippen molar-refractivity contribution in [1.82, 2.24) is 21.0 Å². The van der Waals surface area contributed by atoms with Gasteiger partial charge in [-0.25, -0.2) is 5.43 Å². The fraction of sp³-hybridized carbons (Fsp3) is 0.375. The Bertz CT molecular complexity index is 1050. The van der Waals surface area contributed by atoms with Crippen molar-refractivity contribution in [3.63, 3.8) is 0 Å². The highest BCUT2D eigenvalue weighted by molar-refractivity contribution is 6.35. The lowest BCUT2D eigenvalue weighted by atomic mass is 10.00. The molecule has 11 heteroatoms. The second-order valence-corrected chi connectivity index (χ2v) is 9.24. The molecule has 3 amide bonds. The Balaban J connectivity index is 1.97. The van der Waals surface area contributed by atoms with E-state index >= 15 is 0 Å². The summed E-state index contributed by atoms with van der Waals surface area (Å²) >= 11 is 11.9. The first kappa shape index (κ1) is 28.1. The number of benzene rings is 1. The van der Waals surface area contributed by atoms with E-state index in [1.807, 2.05) is 0 Å². The number of amides is 3. The highest BCUT2D eigenvalue weighted by Crippen LogP contribution is 2.27. The number of ether oxygens (including phenoxy) is 1. The van der Waals surface area contributed by atoms with E-state index in [4.69, 9.17) is 27.9 Å². The van der Waals surface area contributed by atoms with E-state index in [0.29, 0.717) is 10.8 Å². The summed E-state index contributed by atoms with van der Waals surface area (Å²) in [7, 11) is 0. The molecule has 0 radical (unpaired) electrons. The molecule has 1 aromatic carbocycles. The van der Waals surface area contributed by atoms with Gasteiger partial charge in [-0.1, -0.05) is 50.9 Å². The summed E-state index contributed by atoms with van der Waals surface area (Å²) < 4.78 is 5.43. The highest BCUT2D eigenvalue weighted by atomic mass is 35.5. The van der Waals surface area contributed by atoms with E-state index in [2.05, 4.69) is 26.1 Å². The molecule has 2 unspecified atom stereocenters.